The van der Waals surface area contributed by atoms with Gasteiger partial charge in [-0.05, 0) is 5.56 Å². The molecule has 0 unspecified atom stereocenters. The highest BCUT2D eigenvalue weighted by Gasteiger charge is 2.55. The largest absolute Gasteiger partial charge is 0.509 e. The predicted octanol–water partition coefficient (Wildman–Crippen LogP) is 2.98. The smallest absolute Gasteiger partial charge is 0.337 e. The van der Waals surface area contributed by atoms with Crippen molar-refractivity contribution in [2.24, 2.45) is 17.8 Å². The molecule has 5 nitrogen and oxygen atoms in total. The Bertz CT molecular complexity index is 651. The second-order valence-corrected chi connectivity index (χ2v) is 6.21. The Labute approximate surface area is 141 Å². The number of hydrogen-bond donors (Lipinski definition) is 1. The first kappa shape index (κ1) is 16.7. The molecule has 5 heteroatoms. The normalized spacial score (nSPS) is 31.8. The lowest BCUT2D eigenvalue weighted by atomic mass is 9.82. The Kier molecular flexibility index (Phi) is 4.73. The molecule has 0 saturated carbocycles. The highest BCUT2D eigenvalue weighted by Crippen LogP contribution is 2.49. The maximum Gasteiger partial charge on any atom is 0.337 e. The van der Waals surface area contributed by atoms with Crippen LogP contribution in [0, 0.1) is 17.8 Å². The highest BCUT2D eigenvalue weighted by molar-refractivity contribution is 5.91. The zero-order valence-electron chi connectivity index (χ0n) is 13.8. The summed E-state index contributed by atoms with van der Waals surface area (Å²) in [5.74, 6) is -0.982. The van der Waals surface area contributed by atoms with Gasteiger partial charge in [0.1, 0.15) is 11.9 Å². The van der Waals surface area contributed by atoms with Crippen LogP contribution < -0.4 is 0 Å². The van der Waals surface area contributed by atoms with Crippen molar-refractivity contribution in [3.8, 4) is 0 Å². The van der Waals surface area contributed by atoms with Gasteiger partial charge >= 0.3 is 5.97 Å². The van der Waals surface area contributed by atoms with Crippen LogP contribution in [-0.2, 0) is 25.6 Å². The lowest BCUT2D eigenvalue weighted by Gasteiger charge is -2.22. The molecule has 3 rings (SSSR count). The first-order chi connectivity index (χ1) is 11.6. The molecular formula is C19H22O5. The summed E-state index contributed by atoms with van der Waals surface area (Å²) in [7, 11) is 1.30. The Morgan fingerprint density at radius 2 is 2.08 bits per heavy atom. The SMILES string of the molecule is C=C[C@H]1C(C(=O)OC)=C(O)[C@@H]2O[C@H](OCc3ccccc3)[C@@H](C)[C@H]12. The van der Waals surface area contributed by atoms with Crippen LogP contribution >= 0.6 is 0 Å². The average Bonchev–Trinajstić information content (AvgIpc) is 3.08. The average molecular weight is 330 g/mol. The van der Waals surface area contributed by atoms with E-state index in [1.165, 1.54) is 7.11 Å². The van der Waals surface area contributed by atoms with Crippen LogP contribution in [-0.4, -0.2) is 30.6 Å². The summed E-state index contributed by atoms with van der Waals surface area (Å²) in [4.78, 5) is 11.9. The van der Waals surface area contributed by atoms with Gasteiger partial charge in [-0.3, -0.25) is 0 Å². The molecule has 1 aromatic rings. The number of esters is 1. The fourth-order valence-corrected chi connectivity index (χ4v) is 3.66. The summed E-state index contributed by atoms with van der Waals surface area (Å²) >= 11 is 0. The van der Waals surface area contributed by atoms with Crippen molar-refractivity contribution in [3.63, 3.8) is 0 Å². The van der Waals surface area contributed by atoms with Gasteiger partial charge in [0.05, 0.1) is 19.3 Å². The maximum absolute atomic E-state index is 11.9. The van der Waals surface area contributed by atoms with Crippen molar-refractivity contribution in [2.45, 2.75) is 25.9 Å². The third-order valence-electron chi connectivity index (χ3n) is 4.88. The second-order valence-electron chi connectivity index (χ2n) is 6.21. The molecule has 2 aliphatic rings. The predicted molar refractivity (Wildman–Crippen MR) is 87.9 cm³/mol. The number of carbonyl (C=O) groups is 1. The van der Waals surface area contributed by atoms with E-state index in [1.807, 2.05) is 37.3 Å². The minimum Gasteiger partial charge on any atom is -0.509 e. The van der Waals surface area contributed by atoms with Gasteiger partial charge in [-0.1, -0.05) is 43.3 Å². The number of rotatable bonds is 5. The van der Waals surface area contributed by atoms with Crippen LogP contribution in [0.2, 0.25) is 0 Å². The fraction of sp³-hybridized carbons (Fsp3) is 0.421. The number of aliphatic hydroxyl groups is 1. The van der Waals surface area contributed by atoms with Gasteiger partial charge in [0.25, 0.3) is 0 Å². The van der Waals surface area contributed by atoms with Crippen LogP contribution in [0.3, 0.4) is 0 Å². The summed E-state index contributed by atoms with van der Waals surface area (Å²) in [5.41, 5.74) is 1.30. The zero-order valence-corrected chi connectivity index (χ0v) is 13.8. The summed E-state index contributed by atoms with van der Waals surface area (Å²) in [6.45, 7) is 6.25. The van der Waals surface area contributed by atoms with Gasteiger partial charge < -0.3 is 19.3 Å². The van der Waals surface area contributed by atoms with Crippen LogP contribution in [0.4, 0.5) is 0 Å². The van der Waals surface area contributed by atoms with E-state index in [0.29, 0.717) is 6.61 Å². The van der Waals surface area contributed by atoms with E-state index in [-0.39, 0.29) is 29.1 Å². The topological polar surface area (TPSA) is 65.0 Å². The number of ether oxygens (including phenoxy) is 3. The molecule has 0 radical (unpaired) electrons. The van der Waals surface area contributed by atoms with Crippen LogP contribution in [0.5, 0.6) is 0 Å². The Morgan fingerprint density at radius 3 is 2.71 bits per heavy atom. The number of hydrogen-bond acceptors (Lipinski definition) is 5. The molecule has 0 spiro atoms. The summed E-state index contributed by atoms with van der Waals surface area (Å²) in [5, 5.41) is 10.4. The van der Waals surface area contributed by atoms with E-state index in [4.69, 9.17) is 14.2 Å². The molecule has 1 saturated heterocycles. The van der Waals surface area contributed by atoms with Crippen molar-refractivity contribution in [1.82, 2.24) is 0 Å². The van der Waals surface area contributed by atoms with Crippen LogP contribution in [0.1, 0.15) is 12.5 Å². The molecule has 24 heavy (non-hydrogen) atoms. The lowest BCUT2D eigenvalue weighted by Crippen LogP contribution is -2.26. The van der Waals surface area contributed by atoms with Crippen molar-refractivity contribution in [3.05, 3.63) is 59.9 Å². The molecule has 5 atom stereocenters. The van der Waals surface area contributed by atoms with Gasteiger partial charge in [-0.25, -0.2) is 4.79 Å². The fourth-order valence-electron chi connectivity index (χ4n) is 3.66. The summed E-state index contributed by atoms with van der Waals surface area (Å²) in [6, 6.07) is 9.84. The molecule has 0 aromatic heterocycles. The van der Waals surface area contributed by atoms with Crippen LogP contribution in [0.25, 0.3) is 0 Å². The number of carbonyl (C=O) groups excluding carboxylic acids is 1. The van der Waals surface area contributed by atoms with E-state index >= 15 is 0 Å². The quantitative estimate of drug-likeness (QED) is 0.664. The standard InChI is InChI=1S/C19H22O5/c1-4-13-14-11(2)19(23-10-12-8-6-5-7-9-12)24-17(14)16(20)15(13)18(21)22-3/h4-9,11,13-14,17,19-20H,1,10H2,2-3H3/t11-,13+,14+,17+,19-/m0/s1. The zero-order chi connectivity index (χ0) is 17.3. The number of aliphatic hydroxyl groups excluding tert-OH is 1. The number of benzene rings is 1. The molecular weight excluding hydrogens is 308 g/mol. The van der Waals surface area contributed by atoms with E-state index < -0.39 is 18.4 Å². The Balaban J connectivity index is 1.75. The number of fused-ring (bicyclic) bond motifs is 1. The summed E-state index contributed by atoms with van der Waals surface area (Å²) < 4.78 is 16.6. The van der Waals surface area contributed by atoms with Gasteiger partial charge in [-0.2, -0.15) is 0 Å². The molecule has 1 N–H and O–H groups in total. The van der Waals surface area contributed by atoms with E-state index in [1.54, 1.807) is 6.08 Å². The van der Waals surface area contributed by atoms with E-state index in [0.717, 1.165) is 5.56 Å². The summed E-state index contributed by atoms with van der Waals surface area (Å²) in [6.07, 6.45) is 0.675. The molecule has 1 heterocycles. The molecule has 0 amide bonds. The second kappa shape index (κ2) is 6.79. The van der Waals surface area contributed by atoms with Crippen LogP contribution in [0.15, 0.2) is 54.3 Å². The Hall–Kier alpha value is -2.11. The van der Waals surface area contributed by atoms with Gasteiger partial charge in [0.15, 0.2) is 6.29 Å². The van der Waals surface area contributed by atoms with Crippen molar-refractivity contribution in [1.29, 1.82) is 0 Å². The lowest BCUT2D eigenvalue weighted by molar-refractivity contribution is -0.153. The number of allylic oxidation sites excluding steroid dienone is 1. The molecule has 0 bridgehead atoms. The van der Waals surface area contributed by atoms with Crippen molar-refractivity contribution >= 4 is 5.97 Å². The minimum atomic E-state index is -0.558. The first-order valence-corrected chi connectivity index (χ1v) is 8.03. The van der Waals surface area contributed by atoms with Crippen molar-refractivity contribution in [2.75, 3.05) is 7.11 Å². The molecule has 1 aromatic carbocycles. The Morgan fingerprint density at radius 1 is 1.38 bits per heavy atom. The monoisotopic (exact) mass is 330 g/mol. The van der Waals surface area contributed by atoms with Gasteiger partial charge in [0, 0.05) is 17.8 Å². The first-order valence-electron chi connectivity index (χ1n) is 8.03. The van der Waals surface area contributed by atoms with Gasteiger partial charge in [-0.15, -0.1) is 6.58 Å². The third-order valence-corrected chi connectivity index (χ3v) is 4.88. The molecule has 1 aliphatic heterocycles. The number of methoxy groups -OCH3 is 1. The maximum atomic E-state index is 11.9. The highest BCUT2D eigenvalue weighted by atomic mass is 16.7. The van der Waals surface area contributed by atoms with Crippen molar-refractivity contribution < 1.29 is 24.1 Å². The van der Waals surface area contributed by atoms with E-state index in [9.17, 15) is 9.90 Å². The third kappa shape index (κ3) is 2.74. The molecule has 1 aliphatic carbocycles. The minimum absolute atomic E-state index is 0.00557. The molecule has 1 fully saturated rings. The van der Waals surface area contributed by atoms with Gasteiger partial charge in [0.2, 0.25) is 0 Å². The molecule has 128 valence electrons. The van der Waals surface area contributed by atoms with E-state index in [2.05, 4.69) is 6.58 Å².